The van der Waals surface area contributed by atoms with E-state index < -0.39 is 0 Å². The van der Waals surface area contributed by atoms with Crippen LogP contribution in [0, 0.1) is 0 Å². The van der Waals surface area contributed by atoms with Crippen LogP contribution in [0.3, 0.4) is 0 Å². The first-order valence-electron chi connectivity index (χ1n) is 10.3. The number of aromatic nitrogens is 6. The minimum atomic E-state index is 0.829. The van der Waals surface area contributed by atoms with Crippen molar-refractivity contribution < 1.29 is 0 Å². The lowest BCUT2D eigenvalue weighted by Gasteiger charge is -2.36. The van der Waals surface area contributed by atoms with Crippen molar-refractivity contribution >= 4 is 16.7 Å². The molecule has 0 aliphatic carbocycles. The van der Waals surface area contributed by atoms with Crippen molar-refractivity contribution in [3.8, 4) is 11.4 Å². The van der Waals surface area contributed by atoms with Gasteiger partial charge in [-0.15, -0.1) is 5.10 Å². The molecular weight excluding hydrogens is 376 g/mol. The second kappa shape index (κ2) is 8.16. The SMILES string of the molecule is CCc1cnc2cc(CN3CCN(c4ccc(-c5cnn[nH]5)nc4)CC3)cnc2c1. The Bertz CT molecular complexity index is 1120. The minimum absolute atomic E-state index is 0.829. The van der Waals surface area contributed by atoms with Crippen molar-refractivity contribution in [2.45, 2.75) is 19.9 Å². The van der Waals surface area contributed by atoms with Gasteiger partial charge in [0.05, 0.1) is 34.8 Å². The molecule has 1 fully saturated rings. The molecule has 8 heteroatoms. The van der Waals surface area contributed by atoms with E-state index in [1.54, 1.807) is 6.20 Å². The molecule has 0 saturated carbocycles. The Morgan fingerprint density at radius 2 is 1.63 bits per heavy atom. The topological polar surface area (TPSA) is 86.7 Å². The van der Waals surface area contributed by atoms with Gasteiger partial charge in [-0.1, -0.05) is 12.1 Å². The fourth-order valence-electron chi connectivity index (χ4n) is 3.84. The predicted molar refractivity (Wildman–Crippen MR) is 116 cm³/mol. The highest BCUT2D eigenvalue weighted by atomic mass is 15.3. The van der Waals surface area contributed by atoms with Gasteiger partial charge in [0.1, 0.15) is 5.69 Å². The van der Waals surface area contributed by atoms with E-state index in [9.17, 15) is 0 Å². The fraction of sp³-hybridized carbons (Fsp3) is 0.318. The normalized spacial score (nSPS) is 15.0. The Morgan fingerprint density at radius 1 is 0.867 bits per heavy atom. The predicted octanol–water partition coefficient (Wildman–Crippen LogP) is 2.69. The number of aryl methyl sites for hydroxylation is 1. The standard InChI is InChI=1S/C22H24N8/c1-2-16-9-20-21(23-11-16)10-17(12-24-20)15-29-5-7-30(8-6-29)18-3-4-19(25-13-18)22-14-26-28-27-22/h3-4,9-14H,2,5-8,15H2,1H3,(H,26,27,28). The van der Waals surface area contributed by atoms with Gasteiger partial charge in [-0.2, -0.15) is 0 Å². The van der Waals surface area contributed by atoms with Gasteiger partial charge >= 0.3 is 0 Å². The molecule has 0 aromatic carbocycles. The van der Waals surface area contributed by atoms with Gasteiger partial charge < -0.3 is 4.90 Å². The van der Waals surface area contributed by atoms with Crippen LogP contribution in [-0.2, 0) is 13.0 Å². The number of fused-ring (bicyclic) bond motifs is 1. The van der Waals surface area contributed by atoms with E-state index >= 15 is 0 Å². The number of H-pyrrole nitrogens is 1. The zero-order valence-corrected chi connectivity index (χ0v) is 17.0. The molecule has 1 aliphatic rings. The Balaban J connectivity index is 1.20. The number of rotatable bonds is 5. The number of nitrogens with zero attached hydrogens (tertiary/aromatic N) is 7. The molecule has 0 atom stereocenters. The first-order valence-corrected chi connectivity index (χ1v) is 10.3. The highest BCUT2D eigenvalue weighted by Gasteiger charge is 2.18. The quantitative estimate of drug-likeness (QED) is 0.551. The number of piperazine rings is 1. The van der Waals surface area contributed by atoms with E-state index in [4.69, 9.17) is 0 Å². The molecule has 5 rings (SSSR count). The number of pyridine rings is 3. The summed E-state index contributed by atoms with van der Waals surface area (Å²) >= 11 is 0. The van der Waals surface area contributed by atoms with Crippen LogP contribution in [-0.4, -0.2) is 61.4 Å². The summed E-state index contributed by atoms with van der Waals surface area (Å²) in [6, 6.07) is 8.42. The van der Waals surface area contributed by atoms with Crippen molar-refractivity contribution in [1.29, 1.82) is 0 Å². The largest absolute Gasteiger partial charge is 0.368 e. The van der Waals surface area contributed by atoms with E-state index in [0.717, 1.165) is 67.3 Å². The van der Waals surface area contributed by atoms with Gasteiger partial charge in [0.25, 0.3) is 0 Å². The molecule has 0 unspecified atom stereocenters. The van der Waals surface area contributed by atoms with Crippen LogP contribution in [0.2, 0.25) is 0 Å². The maximum Gasteiger partial charge on any atom is 0.104 e. The smallest absolute Gasteiger partial charge is 0.104 e. The van der Waals surface area contributed by atoms with Gasteiger partial charge in [0.15, 0.2) is 0 Å². The van der Waals surface area contributed by atoms with Crippen LogP contribution >= 0.6 is 0 Å². The zero-order chi connectivity index (χ0) is 20.3. The lowest BCUT2D eigenvalue weighted by Crippen LogP contribution is -2.46. The molecule has 8 nitrogen and oxygen atoms in total. The second-order valence-corrected chi connectivity index (χ2v) is 7.61. The van der Waals surface area contributed by atoms with Crippen molar-refractivity contribution in [2.24, 2.45) is 0 Å². The van der Waals surface area contributed by atoms with Gasteiger partial charge in [-0.25, -0.2) is 0 Å². The summed E-state index contributed by atoms with van der Waals surface area (Å²) in [4.78, 5) is 18.6. The number of aromatic amines is 1. The highest BCUT2D eigenvalue weighted by molar-refractivity contribution is 5.74. The Kier molecular flexibility index (Phi) is 5.06. The van der Waals surface area contributed by atoms with E-state index in [1.807, 2.05) is 24.7 Å². The van der Waals surface area contributed by atoms with E-state index in [-0.39, 0.29) is 0 Å². The van der Waals surface area contributed by atoms with Crippen LogP contribution in [0.25, 0.3) is 22.4 Å². The molecule has 4 aromatic rings. The fourth-order valence-corrected chi connectivity index (χ4v) is 3.84. The monoisotopic (exact) mass is 400 g/mol. The molecule has 1 saturated heterocycles. The molecule has 0 bridgehead atoms. The molecule has 4 aromatic heterocycles. The Morgan fingerprint density at radius 3 is 2.30 bits per heavy atom. The van der Waals surface area contributed by atoms with Crippen LogP contribution < -0.4 is 4.90 Å². The van der Waals surface area contributed by atoms with Crippen LogP contribution in [0.1, 0.15) is 18.1 Å². The van der Waals surface area contributed by atoms with Crippen LogP contribution in [0.4, 0.5) is 5.69 Å². The van der Waals surface area contributed by atoms with Gasteiger partial charge in [-0.3, -0.25) is 25.0 Å². The van der Waals surface area contributed by atoms with Gasteiger partial charge in [0.2, 0.25) is 0 Å². The van der Waals surface area contributed by atoms with Gasteiger partial charge in [0, 0.05) is 45.1 Å². The number of hydrogen-bond acceptors (Lipinski definition) is 7. The lowest BCUT2D eigenvalue weighted by atomic mass is 10.1. The van der Waals surface area contributed by atoms with Crippen molar-refractivity contribution in [2.75, 3.05) is 31.1 Å². The Labute approximate surface area is 175 Å². The molecular formula is C22H24N8. The summed E-state index contributed by atoms with van der Waals surface area (Å²) in [6.45, 7) is 7.01. The lowest BCUT2D eigenvalue weighted by molar-refractivity contribution is 0.249. The summed E-state index contributed by atoms with van der Waals surface area (Å²) in [5, 5.41) is 10.4. The van der Waals surface area contributed by atoms with Crippen LogP contribution in [0.15, 0.2) is 49.1 Å². The number of anilines is 1. The molecule has 0 radical (unpaired) electrons. The molecule has 1 N–H and O–H groups in total. The maximum absolute atomic E-state index is 4.63. The summed E-state index contributed by atoms with van der Waals surface area (Å²) in [5.41, 5.74) is 7.22. The van der Waals surface area contributed by atoms with Crippen molar-refractivity contribution in [3.63, 3.8) is 0 Å². The van der Waals surface area contributed by atoms with Crippen molar-refractivity contribution in [3.05, 3.63) is 60.2 Å². The molecule has 152 valence electrons. The molecule has 0 spiro atoms. The third-order valence-corrected chi connectivity index (χ3v) is 5.64. The van der Waals surface area contributed by atoms with E-state index in [1.165, 1.54) is 11.1 Å². The number of hydrogen-bond donors (Lipinski definition) is 1. The van der Waals surface area contributed by atoms with E-state index in [2.05, 4.69) is 65.3 Å². The third-order valence-electron chi connectivity index (χ3n) is 5.64. The first kappa shape index (κ1) is 18.6. The number of nitrogens with one attached hydrogen (secondary N) is 1. The zero-order valence-electron chi connectivity index (χ0n) is 17.0. The van der Waals surface area contributed by atoms with Gasteiger partial charge in [-0.05, 0) is 41.8 Å². The molecule has 30 heavy (non-hydrogen) atoms. The second-order valence-electron chi connectivity index (χ2n) is 7.61. The third kappa shape index (κ3) is 3.86. The molecule has 5 heterocycles. The minimum Gasteiger partial charge on any atom is -0.368 e. The average molecular weight is 400 g/mol. The van der Waals surface area contributed by atoms with Crippen molar-refractivity contribution in [1.82, 2.24) is 35.3 Å². The summed E-state index contributed by atoms with van der Waals surface area (Å²) in [7, 11) is 0. The summed E-state index contributed by atoms with van der Waals surface area (Å²) < 4.78 is 0. The first-order chi connectivity index (χ1) is 14.8. The summed E-state index contributed by atoms with van der Waals surface area (Å²) in [5.74, 6) is 0. The van der Waals surface area contributed by atoms with Crippen LogP contribution in [0.5, 0.6) is 0 Å². The average Bonchev–Trinajstić information content (AvgIpc) is 3.34. The molecule has 1 aliphatic heterocycles. The maximum atomic E-state index is 4.63. The highest BCUT2D eigenvalue weighted by Crippen LogP contribution is 2.20. The molecule has 0 amide bonds. The van der Waals surface area contributed by atoms with E-state index in [0.29, 0.717) is 0 Å². The Hall–Kier alpha value is -3.39. The summed E-state index contributed by atoms with van der Waals surface area (Å²) in [6.07, 6.45) is 8.53.